The summed E-state index contributed by atoms with van der Waals surface area (Å²) in [5.74, 6) is -0.796. The lowest BCUT2D eigenvalue weighted by molar-refractivity contribution is -0.140. The van der Waals surface area contributed by atoms with E-state index in [1.54, 1.807) is 6.07 Å². The number of esters is 1. The molecular formula is C13H18N2O4S. The SMILES string of the molecule is COC(=O)CCS(=O)(=O)NC1CCc2cc(N)ccc21. The number of fused-ring (bicyclic) bond motifs is 1. The minimum absolute atomic E-state index is 0.146. The van der Waals surface area contributed by atoms with Gasteiger partial charge in [-0.05, 0) is 36.1 Å². The summed E-state index contributed by atoms with van der Waals surface area (Å²) in [5.41, 5.74) is 8.42. The van der Waals surface area contributed by atoms with Crippen LogP contribution in [0.4, 0.5) is 5.69 Å². The maximum absolute atomic E-state index is 11.9. The Morgan fingerprint density at radius 3 is 2.95 bits per heavy atom. The number of methoxy groups -OCH3 is 1. The molecule has 1 aliphatic carbocycles. The standard InChI is InChI=1S/C13H18N2O4S/c1-19-13(16)6-7-20(17,18)15-12-5-2-9-8-10(14)3-4-11(9)12/h3-4,8,12,15H,2,5-7,14H2,1H3. The van der Waals surface area contributed by atoms with Crippen LogP contribution >= 0.6 is 0 Å². The average Bonchev–Trinajstić information content (AvgIpc) is 2.77. The van der Waals surface area contributed by atoms with Crippen LogP contribution in [0.3, 0.4) is 0 Å². The van der Waals surface area contributed by atoms with Crippen molar-refractivity contribution in [2.75, 3.05) is 18.6 Å². The molecule has 0 radical (unpaired) electrons. The van der Waals surface area contributed by atoms with Crippen LogP contribution in [0, 0.1) is 0 Å². The lowest BCUT2D eigenvalue weighted by atomic mass is 10.1. The van der Waals surface area contributed by atoms with Gasteiger partial charge in [-0.25, -0.2) is 13.1 Å². The van der Waals surface area contributed by atoms with Crippen LogP contribution in [-0.4, -0.2) is 27.2 Å². The monoisotopic (exact) mass is 298 g/mol. The summed E-state index contributed by atoms with van der Waals surface area (Å²) in [6.07, 6.45) is 1.36. The zero-order valence-corrected chi connectivity index (χ0v) is 12.1. The quantitative estimate of drug-likeness (QED) is 0.617. The van der Waals surface area contributed by atoms with E-state index in [0.717, 1.165) is 17.5 Å². The third-order valence-corrected chi connectivity index (χ3v) is 4.75. The molecule has 1 aromatic carbocycles. The summed E-state index contributed by atoms with van der Waals surface area (Å²) < 4.78 is 31.0. The van der Waals surface area contributed by atoms with Crippen molar-refractivity contribution in [1.29, 1.82) is 0 Å². The van der Waals surface area contributed by atoms with Gasteiger partial charge in [0.05, 0.1) is 19.3 Å². The van der Waals surface area contributed by atoms with Crippen molar-refractivity contribution < 1.29 is 17.9 Å². The molecule has 0 spiro atoms. The van der Waals surface area contributed by atoms with Gasteiger partial charge in [-0.2, -0.15) is 0 Å². The Hall–Kier alpha value is -1.60. The maximum atomic E-state index is 11.9. The molecule has 2 rings (SSSR count). The number of nitrogens with two attached hydrogens (primary N) is 1. The van der Waals surface area contributed by atoms with E-state index in [9.17, 15) is 13.2 Å². The number of nitrogens with one attached hydrogen (secondary N) is 1. The number of benzene rings is 1. The molecule has 7 heteroatoms. The lowest BCUT2D eigenvalue weighted by Crippen LogP contribution is -2.30. The molecule has 0 saturated heterocycles. The smallest absolute Gasteiger partial charge is 0.306 e. The maximum Gasteiger partial charge on any atom is 0.306 e. The van der Waals surface area contributed by atoms with E-state index in [0.29, 0.717) is 12.1 Å². The second-order valence-electron chi connectivity index (χ2n) is 4.81. The summed E-state index contributed by atoms with van der Waals surface area (Å²) in [5, 5.41) is 0. The Labute approximate surface area is 118 Å². The molecule has 0 fully saturated rings. The Bertz CT molecular complexity index is 613. The van der Waals surface area contributed by atoms with Crippen LogP contribution in [0.25, 0.3) is 0 Å². The Balaban J connectivity index is 2.03. The summed E-state index contributed by atoms with van der Waals surface area (Å²) in [7, 11) is -2.27. The van der Waals surface area contributed by atoms with Crippen molar-refractivity contribution in [3.63, 3.8) is 0 Å². The highest BCUT2D eigenvalue weighted by Gasteiger charge is 2.26. The topological polar surface area (TPSA) is 98.5 Å². The molecule has 0 aromatic heterocycles. The number of hydrogen-bond acceptors (Lipinski definition) is 5. The molecule has 0 saturated carbocycles. The van der Waals surface area contributed by atoms with Gasteiger partial charge in [0.15, 0.2) is 0 Å². The molecule has 110 valence electrons. The number of aryl methyl sites for hydroxylation is 1. The van der Waals surface area contributed by atoms with Gasteiger partial charge in [0.25, 0.3) is 0 Å². The minimum atomic E-state index is -3.51. The van der Waals surface area contributed by atoms with Gasteiger partial charge < -0.3 is 10.5 Å². The van der Waals surface area contributed by atoms with E-state index < -0.39 is 16.0 Å². The van der Waals surface area contributed by atoms with Crippen LogP contribution < -0.4 is 10.5 Å². The zero-order valence-electron chi connectivity index (χ0n) is 11.3. The summed E-state index contributed by atoms with van der Waals surface area (Å²) in [6.45, 7) is 0. The first kappa shape index (κ1) is 14.8. The largest absolute Gasteiger partial charge is 0.469 e. The number of rotatable bonds is 5. The van der Waals surface area contributed by atoms with Crippen molar-refractivity contribution >= 4 is 21.7 Å². The van der Waals surface area contributed by atoms with Crippen LogP contribution in [-0.2, 0) is 26.0 Å². The van der Waals surface area contributed by atoms with Gasteiger partial charge >= 0.3 is 5.97 Å². The third-order valence-electron chi connectivity index (χ3n) is 3.37. The Morgan fingerprint density at radius 2 is 2.25 bits per heavy atom. The molecular weight excluding hydrogens is 280 g/mol. The van der Waals surface area contributed by atoms with Gasteiger partial charge in [0, 0.05) is 11.7 Å². The molecule has 0 heterocycles. The fraction of sp³-hybridized carbons (Fsp3) is 0.462. The van der Waals surface area contributed by atoms with Crippen molar-refractivity contribution in [3.8, 4) is 0 Å². The van der Waals surface area contributed by atoms with Crippen molar-refractivity contribution in [1.82, 2.24) is 4.72 Å². The van der Waals surface area contributed by atoms with E-state index in [4.69, 9.17) is 5.73 Å². The number of carbonyl (C=O) groups excluding carboxylic acids is 1. The van der Waals surface area contributed by atoms with Gasteiger partial charge in [0.1, 0.15) is 0 Å². The first-order valence-electron chi connectivity index (χ1n) is 6.36. The Kier molecular flexibility index (Phi) is 4.29. The average molecular weight is 298 g/mol. The fourth-order valence-corrected chi connectivity index (χ4v) is 3.59. The van der Waals surface area contributed by atoms with E-state index >= 15 is 0 Å². The van der Waals surface area contributed by atoms with Crippen molar-refractivity contribution in [2.24, 2.45) is 0 Å². The highest BCUT2D eigenvalue weighted by Crippen LogP contribution is 2.32. The van der Waals surface area contributed by atoms with Gasteiger partial charge in [0.2, 0.25) is 10.0 Å². The first-order chi connectivity index (χ1) is 9.41. The second kappa shape index (κ2) is 5.80. The van der Waals surface area contributed by atoms with Gasteiger partial charge in [-0.15, -0.1) is 0 Å². The lowest BCUT2D eigenvalue weighted by Gasteiger charge is -2.14. The van der Waals surface area contributed by atoms with Crippen LogP contribution in [0.5, 0.6) is 0 Å². The number of carbonyl (C=O) groups is 1. The highest BCUT2D eigenvalue weighted by atomic mass is 32.2. The number of nitrogen functional groups attached to an aromatic ring is 1. The number of sulfonamides is 1. The molecule has 0 aliphatic heterocycles. The molecule has 1 aliphatic rings. The molecule has 3 N–H and O–H groups in total. The van der Waals surface area contributed by atoms with Crippen LogP contribution in [0.15, 0.2) is 18.2 Å². The molecule has 0 bridgehead atoms. The second-order valence-corrected chi connectivity index (χ2v) is 6.69. The molecule has 6 nitrogen and oxygen atoms in total. The molecule has 20 heavy (non-hydrogen) atoms. The van der Waals surface area contributed by atoms with E-state index in [1.165, 1.54) is 7.11 Å². The normalized spacial score (nSPS) is 17.8. The van der Waals surface area contributed by atoms with E-state index in [2.05, 4.69) is 9.46 Å². The highest BCUT2D eigenvalue weighted by molar-refractivity contribution is 7.89. The molecule has 1 unspecified atom stereocenters. The number of anilines is 1. The fourth-order valence-electron chi connectivity index (χ4n) is 2.36. The van der Waals surface area contributed by atoms with Crippen molar-refractivity contribution in [3.05, 3.63) is 29.3 Å². The number of hydrogen-bond donors (Lipinski definition) is 2. The zero-order chi connectivity index (χ0) is 14.8. The molecule has 1 atom stereocenters. The summed E-state index contributed by atoms with van der Waals surface area (Å²) in [4.78, 5) is 11.0. The predicted octanol–water partition coefficient (Wildman–Crippen LogP) is 0.739. The van der Waals surface area contributed by atoms with E-state index in [-0.39, 0.29) is 18.2 Å². The van der Waals surface area contributed by atoms with Crippen LogP contribution in [0.2, 0.25) is 0 Å². The van der Waals surface area contributed by atoms with Gasteiger partial charge in [-0.1, -0.05) is 6.07 Å². The summed E-state index contributed by atoms with van der Waals surface area (Å²) in [6, 6.07) is 5.25. The molecule has 1 aromatic rings. The van der Waals surface area contributed by atoms with Crippen LogP contribution in [0.1, 0.15) is 30.0 Å². The molecule has 0 amide bonds. The summed E-state index contributed by atoms with van der Waals surface area (Å²) >= 11 is 0. The third kappa shape index (κ3) is 3.49. The Morgan fingerprint density at radius 1 is 1.50 bits per heavy atom. The number of ether oxygens (including phenoxy) is 1. The first-order valence-corrected chi connectivity index (χ1v) is 8.01. The van der Waals surface area contributed by atoms with E-state index in [1.807, 2.05) is 12.1 Å². The van der Waals surface area contributed by atoms with Crippen molar-refractivity contribution in [2.45, 2.75) is 25.3 Å². The predicted molar refractivity (Wildman–Crippen MR) is 75.5 cm³/mol. The van der Waals surface area contributed by atoms with Gasteiger partial charge in [-0.3, -0.25) is 4.79 Å². The minimum Gasteiger partial charge on any atom is -0.469 e.